The quantitative estimate of drug-likeness (QED) is 0.898. The molecule has 92 valence electrons. The van der Waals surface area contributed by atoms with Crippen LogP contribution in [-0.2, 0) is 4.79 Å². The zero-order valence-electron chi connectivity index (χ0n) is 9.83. The number of nitrogens with one attached hydrogen (secondary N) is 1. The lowest BCUT2D eigenvalue weighted by Gasteiger charge is -2.20. The van der Waals surface area contributed by atoms with E-state index in [0.717, 1.165) is 34.5 Å². The SMILES string of the molecule is Cc1ccc(NC(=O)C2CCSCC2)c(Br)c1. The lowest BCUT2D eigenvalue weighted by atomic mass is 10.0. The Morgan fingerprint density at radius 3 is 2.76 bits per heavy atom. The highest BCUT2D eigenvalue weighted by atomic mass is 79.9. The third-order valence-corrected chi connectivity index (χ3v) is 4.68. The number of hydrogen-bond donors (Lipinski definition) is 1. The third kappa shape index (κ3) is 3.49. The molecule has 0 atom stereocenters. The second-order valence-electron chi connectivity index (χ2n) is 4.36. The van der Waals surface area contributed by atoms with E-state index in [1.54, 1.807) is 0 Å². The highest BCUT2D eigenvalue weighted by Crippen LogP contribution is 2.27. The van der Waals surface area contributed by atoms with Gasteiger partial charge in [0.25, 0.3) is 0 Å². The van der Waals surface area contributed by atoms with Crippen LogP contribution in [0.4, 0.5) is 5.69 Å². The van der Waals surface area contributed by atoms with Gasteiger partial charge in [-0.25, -0.2) is 0 Å². The molecule has 1 amide bonds. The summed E-state index contributed by atoms with van der Waals surface area (Å²) in [5.74, 6) is 2.56. The summed E-state index contributed by atoms with van der Waals surface area (Å²) in [5.41, 5.74) is 2.06. The van der Waals surface area contributed by atoms with Crippen LogP contribution in [-0.4, -0.2) is 17.4 Å². The zero-order chi connectivity index (χ0) is 12.3. The Morgan fingerprint density at radius 1 is 1.41 bits per heavy atom. The van der Waals surface area contributed by atoms with Crippen molar-refractivity contribution in [2.24, 2.45) is 5.92 Å². The lowest BCUT2D eigenvalue weighted by molar-refractivity contribution is -0.120. The number of hydrogen-bond acceptors (Lipinski definition) is 2. The van der Waals surface area contributed by atoms with Crippen molar-refractivity contribution in [3.8, 4) is 0 Å². The molecule has 0 aromatic heterocycles. The van der Waals surface area contributed by atoms with E-state index in [1.165, 1.54) is 5.56 Å². The molecule has 0 bridgehead atoms. The van der Waals surface area contributed by atoms with E-state index < -0.39 is 0 Å². The number of benzene rings is 1. The Labute approximate surface area is 115 Å². The number of carbonyl (C=O) groups excluding carboxylic acids is 1. The fraction of sp³-hybridized carbons (Fsp3) is 0.462. The van der Waals surface area contributed by atoms with E-state index in [9.17, 15) is 4.79 Å². The Morgan fingerprint density at radius 2 is 2.12 bits per heavy atom. The summed E-state index contributed by atoms with van der Waals surface area (Å²) in [5, 5.41) is 3.01. The summed E-state index contributed by atoms with van der Waals surface area (Å²) < 4.78 is 0.955. The van der Waals surface area contributed by atoms with Gasteiger partial charge < -0.3 is 5.32 Å². The summed E-state index contributed by atoms with van der Waals surface area (Å²) in [7, 11) is 0. The zero-order valence-corrected chi connectivity index (χ0v) is 12.2. The number of anilines is 1. The van der Waals surface area contributed by atoms with Crippen molar-refractivity contribution in [2.45, 2.75) is 19.8 Å². The van der Waals surface area contributed by atoms with E-state index >= 15 is 0 Å². The molecule has 2 rings (SSSR count). The van der Waals surface area contributed by atoms with E-state index in [0.29, 0.717) is 0 Å². The molecule has 0 aliphatic carbocycles. The van der Waals surface area contributed by atoms with Crippen molar-refractivity contribution < 1.29 is 4.79 Å². The van der Waals surface area contributed by atoms with Gasteiger partial charge >= 0.3 is 0 Å². The van der Waals surface area contributed by atoms with E-state index in [4.69, 9.17) is 0 Å². The number of halogens is 1. The first-order chi connectivity index (χ1) is 8.16. The molecule has 17 heavy (non-hydrogen) atoms. The molecule has 1 saturated heterocycles. The largest absolute Gasteiger partial charge is 0.325 e. The highest BCUT2D eigenvalue weighted by Gasteiger charge is 2.21. The van der Waals surface area contributed by atoms with Gasteiger partial charge in [-0.2, -0.15) is 11.8 Å². The molecule has 0 spiro atoms. The second kappa shape index (κ2) is 5.91. The monoisotopic (exact) mass is 313 g/mol. The average molecular weight is 314 g/mol. The molecule has 1 fully saturated rings. The van der Waals surface area contributed by atoms with Crippen LogP contribution in [0, 0.1) is 12.8 Å². The molecule has 2 nitrogen and oxygen atoms in total. The third-order valence-electron chi connectivity index (χ3n) is 2.97. The Kier molecular flexibility index (Phi) is 4.51. The van der Waals surface area contributed by atoms with Crippen LogP contribution in [0.1, 0.15) is 18.4 Å². The molecule has 1 aliphatic rings. The van der Waals surface area contributed by atoms with Crippen LogP contribution < -0.4 is 5.32 Å². The molecule has 1 aromatic carbocycles. The van der Waals surface area contributed by atoms with Crippen LogP contribution in [0.3, 0.4) is 0 Å². The van der Waals surface area contributed by atoms with Crippen molar-refractivity contribution in [1.29, 1.82) is 0 Å². The van der Waals surface area contributed by atoms with E-state index in [1.807, 2.05) is 36.9 Å². The first-order valence-corrected chi connectivity index (χ1v) is 7.76. The Bertz CT molecular complexity index is 416. The first kappa shape index (κ1) is 13.0. The summed E-state index contributed by atoms with van der Waals surface area (Å²) in [6, 6.07) is 5.98. The van der Waals surface area contributed by atoms with Gasteiger partial charge in [0.05, 0.1) is 5.69 Å². The predicted octanol–water partition coefficient (Wildman–Crippen LogP) is 3.84. The molecule has 1 aliphatic heterocycles. The minimum Gasteiger partial charge on any atom is -0.325 e. The fourth-order valence-corrected chi connectivity index (χ4v) is 3.61. The van der Waals surface area contributed by atoms with E-state index in [-0.39, 0.29) is 11.8 Å². The number of amides is 1. The van der Waals surface area contributed by atoms with Crippen molar-refractivity contribution in [3.05, 3.63) is 28.2 Å². The molecule has 0 saturated carbocycles. The maximum Gasteiger partial charge on any atom is 0.227 e. The smallest absolute Gasteiger partial charge is 0.227 e. The van der Waals surface area contributed by atoms with Gasteiger partial charge in [-0.15, -0.1) is 0 Å². The average Bonchev–Trinajstić information content (AvgIpc) is 2.34. The molecule has 1 aromatic rings. The molecule has 1 heterocycles. The van der Waals surface area contributed by atoms with Gasteiger partial charge in [0.2, 0.25) is 5.91 Å². The second-order valence-corrected chi connectivity index (χ2v) is 6.44. The standard InChI is InChI=1S/C13H16BrNOS/c1-9-2-3-12(11(14)8-9)15-13(16)10-4-6-17-7-5-10/h2-3,8,10H,4-7H2,1H3,(H,15,16). The van der Waals surface area contributed by atoms with Gasteiger partial charge in [-0.3, -0.25) is 4.79 Å². The number of rotatable bonds is 2. The van der Waals surface area contributed by atoms with Crippen molar-refractivity contribution in [3.63, 3.8) is 0 Å². The van der Waals surface area contributed by atoms with Crippen LogP contribution in [0.15, 0.2) is 22.7 Å². The minimum absolute atomic E-state index is 0.162. The molecule has 1 N–H and O–H groups in total. The molecule has 0 unspecified atom stereocenters. The number of carbonyl (C=O) groups is 1. The highest BCUT2D eigenvalue weighted by molar-refractivity contribution is 9.10. The normalized spacial score (nSPS) is 16.8. The lowest BCUT2D eigenvalue weighted by Crippen LogP contribution is -2.26. The number of thioether (sulfide) groups is 1. The van der Waals surface area contributed by atoms with Crippen LogP contribution in [0.2, 0.25) is 0 Å². The molecular formula is C13H16BrNOS. The minimum atomic E-state index is 0.162. The maximum atomic E-state index is 12.1. The van der Waals surface area contributed by atoms with E-state index in [2.05, 4.69) is 21.2 Å². The van der Waals surface area contributed by atoms with Gasteiger partial charge in [0.15, 0.2) is 0 Å². The van der Waals surface area contributed by atoms with Gasteiger partial charge in [-0.1, -0.05) is 6.07 Å². The summed E-state index contributed by atoms with van der Waals surface area (Å²) in [4.78, 5) is 12.1. The molecule has 0 radical (unpaired) electrons. The molecule has 4 heteroatoms. The van der Waals surface area contributed by atoms with Gasteiger partial charge in [0.1, 0.15) is 0 Å². The summed E-state index contributed by atoms with van der Waals surface area (Å²) in [6.45, 7) is 2.04. The van der Waals surface area contributed by atoms with Crippen LogP contribution in [0.25, 0.3) is 0 Å². The predicted molar refractivity (Wildman–Crippen MR) is 77.6 cm³/mol. The van der Waals surface area contributed by atoms with Gasteiger partial charge in [-0.05, 0) is 64.9 Å². The van der Waals surface area contributed by atoms with Crippen LogP contribution in [0.5, 0.6) is 0 Å². The Hall–Kier alpha value is -0.480. The number of aryl methyl sites for hydroxylation is 1. The van der Waals surface area contributed by atoms with Crippen molar-refractivity contribution in [2.75, 3.05) is 16.8 Å². The fourth-order valence-electron chi connectivity index (χ4n) is 1.92. The maximum absolute atomic E-state index is 12.1. The summed E-state index contributed by atoms with van der Waals surface area (Å²) in [6.07, 6.45) is 2.00. The summed E-state index contributed by atoms with van der Waals surface area (Å²) >= 11 is 5.42. The van der Waals surface area contributed by atoms with Gasteiger partial charge in [0, 0.05) is 10.4 Å². The molecular weight excluding hydrogens is 298 g/mol. The van der Waals surface area contributed by atoms with Crippen molar-refractivity contribution >= 4 is 39.3 Å². The van der Waals surface area contributed by atoms with Crippen LogP contribution >= 0.6 is 27.7 Å². The topological polar surface area (TPSA) is 29.1 Å². The van der Waals surface area contributed by atoms with Crippen molar-refractivity contribution in [1.82, 2.24) is 0 Å². The Balaban J connectivity index is 2.02. The first-order valence-electron chi connectivity index (χ1n) is 5.81.